The smallest absolute Gasteiger partial charge is 0.0471 e. The molecule has 0 saturated carbocycles. The predicted molar refractivity (Wildman–Crippen MR) is 72.2 cm³/mol. The summed E-state index contributed by atoms with van der Waals surface area (Å²) in [5, 5.41) is 0. The number of rotatable bonds is 3. The summed E-state index contributed by atoms with van der Waals surface area (Å²) < 4.78 is 0. The highest BCUT2D eigenvalue weighted by Crippen LogP contribution is 2.28. The van der Waals surface area contributed by atoms with E-state index in [-0.39, 0.29) is 5.54 Å². The first-order valence-corrected chi connectivity index (χ1v) is 6.95. The molecule has 0 aromatic rings. The lowest BCUT2D eigenvalue weighted by molar-refractivity contribution is 0.0172. The Morgan fingerprint density at radius 1 is 1.24 bits per heavy atom. The molecule has 0 radical (unpaired) electrons. The van der Waals surface area contributed by atoms with Gasteiger partial charge in [-0.2, -0.15) is 0 Å². The van der Waals surface area contributed by atoms with Gasteiger partial charge >= 0.3 is 0 Å². The molecule has 17 heavy (non-hydrogen) atoms. The third kappa shape index (κ3) is 2.50. The molecule has 2 heterocycles. The SMILES string of the molecule is CCC1CN(C2(CN)CCN(C)C2)CCN1C. The summed E-state index contributed by atoms with van der Waals surface area (Å²) in [4.78, 5) is 7.59. The minimum absolute atomic E-state index is 0.253. The van der Waals surface area contributed by atoms with Crippen LogP contribution in [0, 0.1) is 0 Å². The molecule has 2 saturated heterocycles. The molecule has 0 aliphatic carbocycles. The molecule has 0 bridgehead atoms. The van der Waals surface area contributed by atoms with E-state index in [0.29, 0.717) is 6.04 Å². The first-order valence-electron chi connectivity index (χ1n) is 6.95. The van der Waals surface area contributed by atoms with Gasteiger partial charge in [0.15, 0.2) is 0 Å². The fourth-order valence-corrected chi connectivity index (χ4v) is 3.43. The van der Waals surface area contributed by atoms with Crippen molar-refractivity contribution in [2.75, 3.05) is 53.4 Å². The lowest BCUT2D eigenvalue weighted by Crippen LogP contribution is -2.63. The van der Waals surface area contributed by atoms with Crippen LogP contribution in [0.15, 0.2) is 0 Å². The molecule has 0 amide bonds. The minimum Gasteiger partial charge on any atom is -0.329 e. The molecule has 2 unspecified atom stereocenters. The van der Waals surface area contributed by atoms with Gasteiger partial charge in [0, 0.05) is 44.3 Å². The van der Waals surface area contributed by atoms with Crippen LogP contribution in [-0.2, 0) is 0 Å². The highest BCUT2D eigenvalue weighted by atomic mass is 15.3. The maximum atomic E-state index is 6.10. The topological polar surface area (TPSA) is 35.7 Å². The summed E-state index contributed by atoms with van der Waals surface area (Å²) in [5.41, 5.74) is 6.35. The molecule has 2 fully saturated rings. The molecular formula is C13H28N4. The molecule has 0 aromatic heterocycles. The molecule has 100 valence electrons. The van der Waals surface area contributed by atoms with Gasteiger partial charge in [0.05, 0.1) is 0 Å². The Labute approximate surface area is 106 Å². The fourth-order valence-electron chi connectivity index (χ4n) is 3.43. The van der Waals surface area contributed by atoms with Crippen LogP contribution >= 0.6 is 0 Å². The van der Waals surface area contributed by atoms with E-state index in [1.165, 1.54) is 39.0 Å². The number of likely N-dealkylation sites (N-methyl/N-ethyl adjacent to an activating group) is 2. The van der Waals surface area contributed by atoms with Crippen LogP contribution in [0.5, 0.6) is 0 Å². The number of piperazine rings is 1. The maximum Gasteiger partial charge on any atom is 0.0471 e. The summed E-state index contributed by atoms with van der Waals surface area (Å²) in [6, 6.07) is 0.707. The van der Waals surface area contributed by atoms with Crippen molar-refractivity contribution < 1.29 is 0 Å². The van der Waals surface area contributed by atoms with Gasteiger partial charge in [-0.05, 0) is 33.5 Å². The number of likely N-dealkylation sites (tertiary alicyclic amines) is 1. The Hall–Kier alpha value is -0.160. The van der Waals surface area contributed by atoms with Gasteiger partial charge in [-0.1, -0.05) is 6.92 Å². The van der Waals surface area contributed by atoms with Gasteiger partial charge < -0.3 is 15.5 Å². The molecule has 2 aliphatic heterocycles. The van der Waals surface area contributed by atoms with Crippen molar-refractivity contribution in [3.8, 4) is 0 Å². The van der Waals surface area contributed by atoms with Crippen molar-refractivity contribution in [2.24, 2.45) is 5.73 Å². The minimum atomic E-state index is 0.253. The largest absolute Gasteiger partial charge is 0.329 e. The highest BCUT2D eigenvalue weighted by molar-refractivity contribution is 5.01. The summed E-state index contributed by atoms with van der Waals surface area (Å²) >= 11 is 0. The van der Waals surface area contributed by atoms with Crippen molar-refractivity contribution in [3.63, 3.8) is 0 Å². The molecule has 0 spiro atoms. The molecule has 0 aromatic carbocycles. The Morgan fingerprint density at radius 2 is 2.00 bits per heavy atom. The average molecular weight is 240 g/mol. The van der Waals surface area contributed by atoms with Crippen molar-refractivity contribution in [1.29, 1.82) is 0 Å². The third-order valence-corrected chi connectivity index (χ3v) is 4.82. The van der Waals surface area contributed by atoms with Gasteiger partial charge in [0.1, 0.15) is 0 Å². The summed E-state index contributed by atoms with van der Waals surface area (Å²) in [6.07, 6.45) is 2.48. The van der Waals surface area contributed by atoms with E-state index in [1.54, 1.807) is 0 Å². The van der Waals surface area contributed by atoms with E-state index >= 15 is 0 Å². The molecule has 2 atom stereocenters. The Balaban J connectivity index is 2.05. The average Bonchev–Trinajstić information content (AvgIpc) is 2.73. The number of hydrogen-bond acceptors (Lipinski definition) is 4. The van der Waals surface area contributed by atoms with Crippen LogP contribution in [0.3, 0.4) is 0 Å². The lowest BCUT2D eigenvalue weighted by Gasteiger charge is -2.48. The van der Waals surface area contributed by atoms with Crippen LogP contribution in [0.2, 0.25) is 0 Å². The van der Waals surface area contributed by atoms with Crippen molar-refractivity contribution >= 4 is 0 Å². The summed E-state index contributed by atoms with van der Waals surface area (Å²) in [6.45, 7) is 8.99. The normalized spacial score (nSPS) is 37.8. The van der Waals surface area contributed by atoms with Gasteiger partial charge in [0.25, 0.3) is 0 Å². The van der Waals surface area contributed by atoms with Crippen LogP contribution in [0.25, 0.3) is 0 Å². The van der Waals surface area contributed by atoms with E-state index in [9.17, 15) is 0 Å². The van der Waals surface area contributed by atoms with Crippen LogP contribution < -0.4 is 5.73 Å². The number of nitrogens with zero attached hydrogens (tertiary/aromatic N) is 3. The van der Waals surface area contributed by atoms with E-state index in [1.807, 2.05) is 0 Å². The Kier molecular flexibility index (Phi) is 4.08. The van der Waals surface area contributed by atoms with Gasteiger partial charge in [-0.15, -0.1) is 0 Å². The molecule has 4 nitrogen and oxygen atoms in total. The first-order chi connectivity index (χ1) is 8.11. The second-order valence-electron chi connectivity index (χ2n) is 5.90. The zero-order valence-electron chi connectivity index (χ0n) is 11.7. The lowest BCUT2D eigenvalue weighted by atomic mass is 9.93. The Bertz CT molecular complexity index is 258. The summed E-state index contributed by atoms with van der Waals surface area (Å²) in [5.74, 6) is 0. The number of nitrogens with two attached hydrogens (primary N) is 1. The highest BCUT2D eigenvalue weighted by Gasteiger charge is 2.42. The summed E-state index contributed by atoms with van der Waals surface area (Å²) in [7, 11) is 4.46. The van der Waals surface area contributed by atoms with Gasteiger partial charge in [0.2, 0.25) is 0 Å². The van der Waals surface area contributed by atoms with Gasteiger partial charge in [-0.25, -0.2) is 0 Å². The van der Waals surface area contributed by atoms with Crippen LogP contribution in [0.4, 0.5) is 0 Å². The molecular weight excluding hydrogens is 212 g/mol. The predicted octanol–water partition coefficient (Wildman–Crippen LogP) is 0.0454. The van der Waals surface area contributed by atoms with E-state index in [2.05, 4.69) is 35.7 Å². The standard InChI is InChI=1S/C13H28N4/c1-4-12-9-17(8-7-16(12)3)13(10-14)5-6-15(2)11-13/h12H,4-11,14H2,1-3H3. The quantitative estimate of drug-likeness (QED) is 0.756. The van der Waals surface area contributed by atoms with E-state index in [4.69, 9.17) is 5.73 Å². The van der Waals surface area contributed by atoms with Gasteiger partial charge in [-0.3, -0.25) is 4.90 Å². The van der Waals surface area contributed by atoms with Crippen molar-refractivity contribution in [1.82, 2.24) is 14.7 Å². The monoisotopic (exact) mass is 240 g/mol. The third-order valence-electron chi connectivity index (χ3n) is 4.82. The molecule has 2 aliphatic rings. The van der Waals surface area contributed by atoms with Crippen LogP contribution in [-0.4, -0.2) is 79.6 Å². The molecule has 2 N–H and O–H groups in total. The van der Waals surface area contributed by atoms with E-state index in [0.717, 1.165) is 13.1 Å². The van der Waals surface area contributed by atoms with Crippen LogP contribution in [0.1, 0.15) is 19.8 Å². The fraction of sp³-hybridized carbons (Fsp3) is 1.00. The van der Waals surface area contributed by atoms with E-state index < -0.39 is 0 Å². The van der Waals surface area contributed by atoms with Crippen molar-refractivity contribution in [2.45, 2.75) is 31.3 Å². The number of hydrogen-bond donors (Lipinski definition) is 1. The zero-order chi connectivity index (χ0) is 12.5. The van der Waals surface area contributed by atoms with Crippen molar-refractivity contribution in [3.05, 3.63) is 0 Å². The first kappa shape index (κ1) is 13.3. The maximum absolute atomic E-state index is 6.10. The molecule has 2 rings (SSSR count). The molecule has 4 heteroatoms. The zero-order valence-corrected chi connectivity index (χ0v) is 11.7. The Morgan fingerprint density at radius 3 is 2.53 bits per heavy atom. The second kappa shape index (κ2) is 5.22. The second-order valence-corrected chi connectivity index (χ2v) is 5.90.